The van der Waals surface area contributed by atoms with E-state index in [9.17, 15) is 35.9 Å². The average molecular weight is 518 g/mol. The maximum atomic E-state index is 13.2. The van der Waals surface area contributed by atoms with E-state index in [1.54, 1.807) is 31.3 Å². The average Bonchev–Trinajstić information content (AvgIpc) is 2.86. The molecule has 0 saturated heterocycles. The monoisotopic (exact) mass is 518 g/mol. The molecule has 0 aliphatic rings. The van der Waals surface area contributed by atoms with Gasteiger partial charge in [-0.2, -0.15) is 26.3 Å². The Morgan fingerprint density at radius 1 is 0.811 bits per heavy atom. The Morgan fingerprint density at radius 2 is 1.35 bits per heavy atom. The third kappa shape index (κ3) is 5.37. The van der Waals surface area contributed by atoms with Crippen LogP contribution in [0.5, 0.6) is 0 Å². The first-order valence-electron chi connectivity index (χ1n) is 11.1. The number of hydrogen-bond donors (Lipinski definition) is 1. The summed E-state index contributed by atoms with van der Waals surface area (Å²) in [6, 6.07) is 16.9. The number of nitrogens with one attached hydrogen (secondary N) is 1. The van der Waals surface area contributed by atoms with Crippen LogP contribution in [0.15, 0.2) is 77.6 Å². The molecule has 0 aliphatic heterocycles. The van der Waals surface area contributed by atoms with Crippen molar-refractivity contribution in [3.05, 3.63) is 106 Å². The number of fused-ring (bicyclic) bond motifs is 1. The van der Waals surface area contributed by atoms with Crippen molar-refractivity contribution >= 4 is 16.7 Å². The van der Waals surface area contributed by atoms with Crippen LogP contribution < -0.4 is 10.9 Å². The maximum Gasteiger partial charge on any atom is 0.416 e. The number of hydrogen-bond acceptors (Lipinski definition) is 2. The Hall–Kier alpha value is -4.08. The first-order chi connectivity index (χ1) is 17.4. The maximum absolute atomic E-state index is 13.2. The zero-order chi connectivity index (χ0) is 27.0. The smallest absolute Gasteiger partial charge is 0.352 e. The second kappa shape index (κ2) is 9.76. The van der Waals surface area contributed by atoms with Gasteiger partial charge in [0.1, 0.15) is 0 Å². The quantitative estimate of drug-likeness (QED) is 0.319. The number of benzene rings is 3. The summed E-state index contributed by atoms with van der Waals surface area (Å²) < 4.78 is 80.4. The molecule has 1 aromatic heterocycles. The number of pyridine rings is 1. The number of aromatic nitrogens is 1. The lowest BCUT2D eigenvalue weighted by Crippen LogP contribution is -2.29. The van der Waals surface area contributed by atoms with Gasteiger partial charge in [0.05, 0.1) is 11.1 Å². The summed E-state index contributed by atoms with van der Waals surface area (Å²) in [5.74, 6) is -1.09. The van der Waals surface area contributed by atoms with Crippen LogP contribution in [0.4, 0.5) is 26.3 Å². The Labute approximate surface area is 207 Å². The molecule has 1 N–H and O–H groups in total. The third-order valence-electron chi connectivity index (χ3n) is 5.98. The van der Waals surface area contributed by atoms with Crippen molar-refractivity contribution < 1.29 is 31.1 Å². The van der Waals surface area contributed by atoms with Crippen LogP contribution >= 0.6 is 0 Å². The van der Waals surface area contributed by atoms with Crippen LogP contribution in [0.25, 0.3) is 21.9 Å². The fourth-order valence-electron chi connectivity index (χ4n) is 4.22. The molecule has 0 atom stereocenters. The number of nitrogens with zero attached hydrogens (tertiary/aromatic N) is 1. The van der Waals surface area contributed by atoms with E-state index in [2.05, 4.69) is 5.32 Å². The summed E-state index contributed by atoms with van der Waals surface area (Å²) in [7, 11) is 1.57. The van der Waals surface area contributed by atoms with Gasteiger partial charge >= 0.3 is 12.4 Å². The van der Waals surface area contributed by atoms with E-state index >= 15 is 0 Å². The minimum absolute atomic E-state index is 0.0340. The van der Waals surface area contributed by atoms with E-state index in [-0.39, 0.29) is 24.6 Å². The zero-order valence-electron chi connectivity index (χ0n) is 19.4. The van der Waals surface area contributed by atoms with Gasteiger partial charge in [-0.15, -0.1) is 0 Å². The molecule has 192 valence electrons. The number of carbonyl (C=O) groups excluding carboxylic acids is 1. The van der Waals surface area contributed by atoms with Crippen molar-refractivity contribution in [2.45, 2.75) is 18.8 Å². The van der Waals surface area contributed by atoms with Gasteiger partial charge in [-0.3, -0.25) is 9.59 Å². The topological polar surface area (TPSA) is 51.1 Å². The van der Waals surface area contributed by atoms with E-state index in [1.807, 2.05) is 30.3 Å². The number of halogens is 6. The minimum atomic E-state index is -5.07. The molecular weight excluding hydrogens is 498 g/mol. The fraction of sp³-hybridized carbons (Fsp3) is 0.185. The predicted octanol–water partition coefficient (Wildman–Crippen LogP) is 6.22. The van der Waals surface area contributed by atoms with E-state index < -0.39 is 35.0 Å². The number of rotatable bonds is 5. The molecule has 1 heterocycles. The van der Waals surface area contributed by atoms with E-state index in [0.29, 0.717) is 28.6 Å². The molecule has 0 unspecified atom stereocenters. The Kier molecular flexibility index (Phi) is 6.86. The van der Waals surface area contributed by atoms with Gasteiger partial charge in [-0.1, -0.05) is 48.5 Å². The lowest BCUT2D eigenvalue weighted by molar-refractivity contribution is -0.143. The highest BCUT2D eigenvalue weighted by molar-refractivity contribution is 5.97. The molecule has 0 radical (unpaired) electrons. The summed E-state index contributed by atoms with van der Waals surface area (Å²) in [5, 5.41) is 3.56. The molecule has 0 spiro atoms. The molecule has 10 heteroatoms. The first kappa shape index (κ1) is 26.0. The highest BCUT2D eigenvalue weighted by atomic mass is 19.4. The first-order valence-corrected chi connectivity index (χ1v) is 11.1. The lowest BCUT2D eigenvalue weighted by atomic mass is 9.95. The molecule has 4 nitrogen and oxygen atoms in total. The Bertz CT molecular complexity index is 1490. The van der Waals surface area contributed by atoms with Gasteiger partial charge in [-0.25, -0.2) is 0 Å². The molecule has 0 aliphatic carbocycles. The molecular formula is C27H20F6N2O2. The zero-order valence-corrected chi connectivity index (χ0v) is 19.4. The number of carbonyl (C=O) groups is 1. The van der Waals surface area contributed by atoms with Gasteiger partial charge in [0.2, 0.25) is 0 Å². The van der Waals surface area contributed by atoms with Gasteiger partial charge in [-0.05, 0) is 35.2 Å². The third-order valence-corrected chi connectivity index (χ3v) is 5.98. The van der Waals surface area contributed by atoms with Gasteiger partial charge in [0, 0.05) is 42.2 Å². The van der Waals surface area contributed by atoms with Crippen molar-refractivity contribution in [2.75, 3.05) is 6.54 Å². The highest BCUT2D eigenvalue weighted by Gasteiger charge is 2.37. The van der Waals surface area contributed by atoms with E-state index in [0.717, 1.165) is 11.1 Å². The van der Waals surface area contributed by atoms with Crippen molar-refractivity contribution in [3.63, 3.8) is 0 Å². The van der Waals surface area contributed by atoms with Gasteiger partial charge < -0.3 is 9.88 Å². The normalized spacial score (nSPS) is 12.1. The highest BCUT2D eigenvalue weighted by Crippen LogP contribution is 2.36. The minimum Gasteiger partial charge on any atom is -0.352 e. The van der Waals surface area contributed by atoms with Gasteiger partial charge in [0.15, 0.2) is 0 Å². The summed E-state index contributed by atoms with van der Waals surface area (Å²) in [6.07, 6.45) is -10.0. The molecule has 3 aromatic carbocycles. The molecule has 1 amide bonds. The largest absolute Gasteiger partial charge is 0.416 e. The van der Waals surface area contributed by atoms with E-state index in [1.165, 1.54) is 4.57 Å². The van der Waals surface area contributed by atoms with E-state index in [4.69, 9.17) is 0 Å². The summed E-state index contributed by atoms with van der Waals surface area (Å²) >= 11 is 0. The summed E-state index contributed by atoms with van der Waals surface area (Å²) in [6.45, 7) is -0.137. The van der Waals surface area contributed by atoms with Crippen LogP contribution in [-0.4, -0.2) is 17.0 Å². The van der Waals surface area contributed by atoms with Gasteiger partial charge in [0.25, 0.3) is 11.5 Å². The van der Waals surface area contributed by atoms with Crippen molar-refractivity contribution in [3.8, 4) is 11.1 Å². The van der Waals surface area contributed by atoms with Crippen LogP contribution in [0, 0.1) is 0 Å². The second-order valence-corrected chi connectivity index (χ2v) is 8.40. The molecule has 0 bridgehead atoms. The number of amides is 1. The van der Waals surface area contributed by atoms with Crippen molar-refractivity contribution in [1.29, 1.82) is 0 Å². The molecule has 0 fully saturated rings. The molecule has 0 saturated carbocycles. The lowest BCUT2D eigenvalue weighted by Gasteiger charge is -2.18. The Balaban J connectivity index is 1.68. The summed E-state index contributed by atoms with van der Waals surface area (Å²) in [4.78, 5) is 25.6. The fourth-order valence-corrected chi connectivity index (χ4v) is 4.22. The van der Waals surface area contributed by atoms with Crippen LogP contribution in [0.2, 0.25) is 0 Å². The summed E-state index contributed by atoms with van der Waals surface area (Å²) in [5.41, 5.74) is -2.09. The van der Waals surface area contributed by atoms with Crippen molar-refractivity contribution in [1.82, 2.24) is 9.88 Å². The number of alkyl halides is 6. The SMILES string of the molecule is Cn1c(CCNC(=O)c2cc(C(F)(F)F)cc(C(F)(F)F)c2)c(-c2ccccc2)c2ccccc2c1=O. The van der Waals surface area contributed by atoms with Crippen molar-refractivity contribution in [2.24, 2.45) is 7.05 Å². The molecule has 4 aromatic rings. The Morgan fingerprint density at radius 3 is 1.92 bits per heavy atom. The van der Waals surface area contributed by atoms with Crippen LogP contribution in [0.1, 0.15) is 27.2 Å². The predicted molar refractivity (Wildman–Crippen MR) is 127 cm³/mol. The van der Waals surface area contributed by atoms with Crippen LogP contribution in [0.3, 0.4) is 0 Å². The van der Waals surface area contributed by atoms with Crippen LogP contribution in [-0.2, 0) is 25.8 Å². The standard InChI is InChI=1S/C27H20F6N2O2/c1-35-22(23(16-7-3-2-4-8-16)20-9-5-6-10-21(20)25(35)37)11-12-34-24(36)17-13-18(26(28,29)30)15-19(14-17)27(31,32)33/h2-10,13-15H,11-12H2,1H3,(H,34,36). The molecule has 37 heavy (non-hydrogen) atoms. The second-order valence-electron chi connectivity index (χ2n) is 8.40. The molecule has 4 rings (SSSR count).